The molecule has 1 aliphatic heterocycles. The Labute approximate surface area is 130 Å². The molecule has 0 saturated heterocycles. The number of amides is 2. The molecule has 1 aromatic carbocycles. The van der Waals surface area contributed by atoms with Gasteiger partial charge in [-0.3, -0.25) is 9.59 Å². The van der Waals surface area contributed by atoms with Gasteiger partial charge in [0.15, 0.2) is 0 Å². The van der Waals surface area contributed by atoms with Gasteiger partial charge in [0, 0.05) is 0 Å². The van der Waals surface area contributed by atoms with Gasteiger partial charge in [-0.1, -0.05) is 17.2 Å². The van der Waals surface area contributed by atoms with Gasteiger partial charge in [-0.2, -0.15) is 4.80 Å². The fraction of sp³-hybridized carbons (Fsp3) is 0.286. The van der Waals surface area contributed by atoms with Crippen LogP contribution < -0.4 is 0 Å². The minimum Gasteiger partial charge on any atom is -0.321 e. The van der Waals surface area contributed by atoms with Crippen molar-refractivity contribution < 1.29 is 19.2 Å². The Balaban J connectivity index is 1.81. The molecule has 9 nitrogen and oxygen atoms in total. The first-order valence-electron chi connectivity index (χ1n) is 6.79. The standard InChI is InChI=1S/C14H13N5O4/c1-14(2,3)19-16-10(15-17-19)13(22)23-18-11(20)8-6-4-5-7-9(8)12(18)21/h4-7H,1-3H3. The number of hydroxylamine groups is 2. The van der Waals surface area contributed by atoms with E-state index in [1.165, 1.54) is 16.9 Å². The van der Waals surface area contributed by atoms with E-state index in [-0.39, 0.29) is 17.0 Å². The molecule has 23 heavy (non-hydrogen) atoms. The molecule has 0 unspecified atom stereocenters. The second-order valence-electron chi connectivity index (χ2n) is 5.90. The highest BCUT2D eigenvalue weighted by Gasteiger charge is 2.39. The lowest BCUT2D eigenvalue weighted by molar-refractivity contribution is -0.0593. The predicted octanol–water partition coefficient (Wildman–Crippen LogP) is 0.796. The molecule has 1 aliphatic rings. The van der Waals surface area contributed by atoms with Crippen LogP contribution in [0, 0.1) is 0 Å². The van der Waals surface area contributed by atoms with Gasteiger partial charge in [0.25, 0.3) is 17.6 Å². The summed E-state index contributed by atoms with van der Waals surface area (Å²) in [5.74, 6) is -2.78. The third-order valence-electron chi connectivity index (χ3n) is 3.13. The highest BCUT2D eigenvalue weighted by Crippen LogP contribution is 2.23. The number of hydrogen-bond donors (Lipinski definition) is 0. The number of rotatable bonds is 2. The van der Waals surface area contributed by atoms with E-state index in [2.05, 4.69) is 15.4 Å². The van der Waals surface area contributed by atoms with Crippen molar-refractivity contribution >= 4 is 17.8 Å². The number of carbonyl (C=O) groups excluding carboxylic acids is 3. The average Bonchev–Trinajstić information content (AvgIpc) is 3.08. The Morgan fingerprint density at radius 1 is 1.09 bits per heavy atom. The molecular weight excluding hydrogens is 302 g/mol. The second-order valence-corrected chi connectivity index (χ2v) is 5.90. The molecule has 0 saturated carbocycles. The zero-order valence-corrected chi connectivity index (χ0v) is 12.7. The van der Waals surface area contributed by atoms with E-state index in [1.807, 2.05) is 20.8 Å². The summed E-state index contributed by atoms with van der Waals surface area (Å²) in [6, 6.07) is 6.20. The normalized spacial score (nSPS) is 14.1. The Kier molecular flexibility index (Phi) is 3.20. The molecule has 0 aliphatic carbocycles. The minimum atomic E-state index is -1.03. The van der Waals surface area contributed by atoms with Gasteiger partial charge in [0.1, 0.15) is 0 Å². The molecule has 2 amide bonds. The van der Waals surface area contributed by atoms with E-state index in [0.717, 1.165) is 0 Å². The van der Waals surface area contributed by atoms with Crippen molar-refractivity contribution in [3.05, 3.63) is 41.2 Å². The Morgan fingerprint density at radius 3 is 2.13 bits per heavy atom. The highest BCUT2D eigenvalue weighted by molar-refractivity contribution is 6.21. The highest BCUT2D eigenvalue weighted by atomic mass is 16.7. The molecule has 2 aromatic rings. The number of fused-ring (bicyclic) bond motifs is 1. The van der Waals surface area contributed by atoms with Crippen LogP contribution in [0.15, 0.2) is 24.3 Å². The third-order valence-corrected chi connectivity index (χ3v) is 3.13. The summed E-state index contributed by atoms with van der Waals surface area (Å²) in [5.41, 5.74) is -0.116. The van der Waals surface area contributed by atoms with Gasteiger partial charge in [-0.25, -0.2) is 4.79 Å². The van der Waals surface area contributed by atoms with Crippen molar-refractivity contribution in [1.29, 1.82) is 0 Å². The van der Waals surface area contributed by atoms with Gasteiger partial charge >= 0.3 is 5.97 Å². The Bertz CT molecular complexity index is 786. The van der Waals surface area contributed by atoms with E-state index < -0.39 is 23.3 Å². The molecule has 118 valence electrons. The van der Waals surface area contributed by atoms with E-state index in [4.69, 9.17) is 4.84 Å². The molecule has 0 bridgehead atoms. The summed E-state index contributed by atoms with van der Waals surface area (Å²) in [7, 11) is 0. The lowest BCUT2D eigenvalue weighted by Gasteiger charge is -2.15. The maximum atomic E-state index is 12.1. The maximum absolute atomic E-state index is 12.1. The van der Waals surface area contributed by atoms with Crippen molar-refractivity contribution in [2.24, 2.45) is 0 Å². The van der Waals surface area contributed by atoms with E-state index >= 15 is 0 Å². The zero-order chi connectivity index (χ0) is 16.8. The zero-order valence-electron chi connectivity index (χ0n) is 12.7. The Morgan fingerprint density at radius 2 is 1.65 bits per heavy atom. The van der Waals surface area contributed by atoms with E-state index in [9.17, 15) is 14.4 Å². The first-order chi connectivity index (χ1) is 10.8. The number of carbonyl (C=O) groups is 3. The Hall–Kier alpha value is -3.10. The molecule has 1 aromatic heterocycles. The summed E-state index contributed by atoms with van der Waals surface area (Å²) in [6.45, 7) is 5.48. The van der Waals surface area contributed by atoms with Crippen molar-refractivity contribution in [3.63, 3.8) is 0 Å². The van der Waals surface area contributed by atoms with Crippen LogP contribution in [0.2, 0.25) is 0 Å². The van der Waals surface area contributed by atoms with Crippen molar-refractivity contribution in [1.82, 2.24) is 25.3 Å². The van der Waals surface area contributed by atoms with Gasteiger partial charge in [0.2, 0.25) is 0 Å². The lowest BCUT2D eigenvalue weighted by Crippen LogP contribution is -2.33. The van der Waals surface area contributed by atoms with E-state index in [0.29, 0.717) is 5.06 Å². The summed E-state index contributed by atoms with van der Waals surface area (Å²) in [6.07, 6.45) is 0. The third kappa shape index (κ3) is 2.45. The SMILES string of the molecule is CC(C)(C)n1nnc(C(=O)ON2C(=O)c3ccccc3C2=O)n1. The quantitative estimate of drug-likeness (QED) is 0.754. The number of hydrogen-bond acceptors (Lipinski definition) is 7. The lowest BCUT2D eigenvalue weighted by atomic mass is 10.1. The molecular formula is C14H13N5O4. The fourth-order valence-electron chi connectivity index (χ4n) is 1.95. The molecule has 0 fully saturated rings. The van der Waals surface area contributed by atoms with Crippen LogP contribution in [0.25, 0.3) is 0 Å². The van der Waals surface area contributed by atoms with Crippen molar-refractivity contribution in [3.8, 4) is 0 Å². The molecule has 0 spiro atoms. The smallest absolute Gasteiger partial charge is 0.321 e. The van der Waals surface area contributed by atoms with Crippen LogP contribution >= 0.6 is 0 Å². The summed E-state index contributed by atoms with van der Waals surface area (Å²) in [5, 5.41) is 11.6. The van der Waals surface area contributed by atoms with Crippen molar-refractivity contribution in [2.75, 3.05) is 0 Å². The van der Waals surface area contributed by atoms with Crippen LogP contribution in [-0.4, -0.2) is 43.1 Å². The van der Waals surface area contributed by atoms with Gasteiger partial charge in [-0.15, -0.1) is 10.2 Å². The topological polar surface area (TPSA) is 107 Å². The number of aromatic nitrogens is 4. The fourth-order valence-corrected chi connectivity index (χ4v) is 1.95. The van der Waals surface area contributed by atoms with Gasteiger partial charge < -0.3 is 4.84 Å². The van der Waals surface area contributed by atoms with Crippen LogP contribution in [0.5, 0.6) is 0 Å². The minimum absolute atomic E-state index is 0.177. The van der Waals surface area contributed by atoms with Crippen LogP contribution in [0.1, 0.15) is 52.1 Å². The predicted molar refractivity (Wildman–Crippen MR) is 75.2 cm³/mol. The average molecular weight is 315 g/mol. The van der Waals surface area contributed by atoms with Crippen LogP contribution in [-0.2, 0) is 10.4 Å². The molecule has 2 heterocycles. The second kappa shape index (κ2) is 4.97. The summed E-state index contributed by atoms with van der Waals surface area (Å²) >= 11 is 0. The molecule has 0 radical (unpaired) electrons. The molecule has 9 heteroatoms. The monoisotopic (exact) mass is 315 g/mol. The van der Waals surface area contributed by atoms with Crippen molar-refractivity contribution in [2.45, 2.75) is 26.3 Å². The number of tetrazole rings is 1. The molecule has 3 rings (SSSR count). The summed E-state index contributed by atoms with van der Waals surface area (Å²) in [4.78, 5) is 42.3. The van der Waals surface area contributed by atoms with Crippen LogP contribution in [0.3, 0.4) is 0 Å². The first kappa shape index (κ1) is 14.8. The van der Waals surface area contributed by atoms with Crippen LogP contribution in [0.4, 0.5) is 0 Å². The first-order valence-corrected chi connectivity index (χ1v) is 6.79. The van der Waals surface area contributed by atoms with Gasteiger partial charge in [0.05, 0.1) is 16.7 Å². The van der Waals surface area contributed by atoms with Gasteiger partial charge in [-0.05, 0) is 38.1 Å². The molecule has 0 atom stereocenters. The summed E-state index contributed by atoms with van der Waals surface area (Å²) < 4.78 is 0. The maximum Gasteiger partial charge on any atom is 0.404 e. The van der Waals surface area contributed by atoms with E-state index in [1.54, 1.807) is 12.1 Å². The molecule has 0 N–H and O–H groups in total. The largest absolute Gasteiger partial charge is 0.404 e. The number of nitrogens with zero attached hydrogens (tertiary/aromatic N) is 5. The number of imide groups is 1. The number of benzene rings is 1.